The van der Waals surface area contributed by atoms with E-state index >= 15 is 0 Å². The van der Waals surface area contributed by atoms with Crippen molar-refractivity contribution >= 4 is 34.4 Å². The highest BCUT2D eigenvalue weighted by atomic mass is 32.2. The number of carbonyl (C=O) groups excluding carboxylic acids is 1. The van der Waals surface area contributed by atoms with Crippen LogP contribution in [0, 0.1) is 5.82 Å². The first-order chi connectivity index (χ1) is 14.9. The third-order valence-corrected chi connectivity index (χ3v) is 6.32. The minimum atomic E-state index is -0.576. The molecule has 0 aliphatic rings. The van der Waals surface area contributed by atoms with Crippen LogP contribution in [0.2, 0.25) is 0 Å². The number of amides is 1. The molecule has 0 aliphatic heterocycles. The second kappa shape index (κ2) is 8.85. The lowest BCUT2D eigenvalue weighted by molar-refractivity contribution is -0.115. The molecule has 0 fully saturated rings. The Labute approximate surface area is 188 Å². The van der Waals surface area contributed by atoms with Crippen molar-refractivity contribution in [3.8, 4) is 0 Å². The summed E-state index contributed by atoms with van der Waals surface area (Å²) in [7, 11) is 2.95. The summed E-state index contributed by atoms with van der Waals surface area (Å²) in [4.78, 5) is 47.5. The lowest BCUT2D eigenvalue weighted by Gasteiger charge is -2.21. The molecule has 1 unspecified atom stereocenters. The van der Waals surface area contributed by atoms with Crippen LogP contribution in [-0.4, -0.2) is 30.3 Å². The number of thioether (sulfide) groups is 1. The van der Waals surface area contributed by atoms with Crippen LogP contribution < -0.4 is 16.6 Å². The Morgan fingerprint density at radius 2 is 1.75 bits per heavy atom. The molecule has 0 radical (unpaired) electrons. The minimum Gasteiger partial charge on any atom is -0.325 e. The number of benzene rings is 1. The maximum absolute atomic E-state index is 13.2. The zero-order chi connectivity index (χ0) is 23.8. The molecule has 3 rings (SSSR count). The molecule has 8 nitrogen and oxygen atoms in total. The lowest BCUT2D eigenvalue weighted by atomic mass is 9.96. The van der Waals surface area contributed by atoms with Gasteiger partial charge in [-0.15, -0.1) is 0 Å². The van der Waals surface area contributed by atoms with Crippen molar-refractivity contribution in [2.24, 2.45) is 14.1 Å². The number of nitrogens with zero attached hydrogens (tertiary/aromatic N) is 4. The van der Waals surface area contributed by atoms with Crippen LogP contribution in [0.3, 0.4) is 0 Å². The van der Waals surface area contributed by atoms with Gasteiger partial charge in [-0.25, -0.2) is 19.2 Å². The van der Waals surface area contributed by atoms with Gasteiger partial charge in [0, 0.05) is 25.2 Å². The van der Waals surface area contributed by atoms with Crippen molar-refractivity contribution < 1.29 is 9.18 Å². The Kier molecular flexibility index (Phi) is 6.54. The highest BCUT2D eigenvalue weighted by Gasteiger charge is 2.27. The summed E-state index contributed by atoms with van der Waals surface area (Å²) in [5, 5.41) is 2.74. The molecule has 32 heavy (non-hydrogen) atoms. The van der Waals surface area contributed by atoms with Crippen LogP contribution >= 0.6 is 11.8 Å². The van der Waals surface area contributed by atoms with Gasteiger partial charge in [-0.1, -0.05) is 39.5 Å². The Hall–Kier alpha value is -3.01. The van der Waals surface area contributed by atoms with E-state index in [1.807, 2.05) is 27.7 Å². The zero-order valence-corrected chi connectivity index (χ0v) is 19.7. The van der Waals surface area contributed by atoms with E-state index in [1.54, 1.807) is 7.05 Å². The van der Waals surface area contributed by atoms with Crippen molar-refractivity contribution in [1.82, 2.24) is 19.1 Å². The van der Waals surface area contributed by atoms with E-state index in [2.05, 4.69) is 15.3 Å². The average molecular weight is 460 g/mol. The normalized spacial score (nSPS) is 12.7. The maximum Gasteiger partial charge on any atom is 0.332 e. The van der Waals surface area contributed by atoms with Gasteiger partial charge in [0.2, 0.25) is 5.91 Å². The second-order valence-corrected chi connectivity index (χ2v) is 9.71. The molecule has 1 amide bonds. The van der Waals surface area contributed by atoms with E-state index < -0.39 is 27.7 Å². The third-order valence-electron chi connectivity index (χ3n) is 4.97. The number of rotatable bonds is 5. The largest absolute Gasteiger partial charge is 0.332 e. The number of aryl methyl sites for hydroxylation is 1. The predicted octanol–water partition coefficient (Wildman–Crippen LogP) is 2.97. The molecule has 1 N–H and O–H groups in total. The van der Waals surface area contributed by atoms with Crippen molar-refractivity contribution in [2.75, 3.05) is 5.32 Å². The molecule has 2 heterocycles. The molecule has 0 aliphatic carbocycles. The number of hydrogen-bond donors (Lipinski definition) is 1. The van der Waals surface area contributed by atoms with Gasteiger partial charge in [0.25, 0.3) is 5.56 Å². The summed E-state index contributed by atoms with van der Waals surface area (Å²) in [6, 6.07) is 5.49. The van der Waals surface area contributed by atoms with Gasteiger partial charge in [0.1, 0.15) is 22.1 Å². The van der Waals surface area contributed by atoms with E-state index in [1.165, 1.54) is 35.9 Å². The van der Waals surface area contributed by atoms with Gasteiger partial charge in [0.05, 0.1) is 5.25 Å². The Balaban J connectivity index is 2.11. The molecule has 10 heteroatoms. The molecule has 0 saturated carbocycles. The fraction of sp³-hybridized carbons (Fsp3) is 0.409. The minimum absolute atomic E-state index is 0.195. The van der Waals surface area contributed by atoms with Crippen LogP contribution in [0.5, 0.6) is 0 Å². The van der Waals surface area contributed by atoms with Gasteiger partial charge in [-0.05, 0) is 30.7 Å². The topological polar surface area (TPSA) is 98.9 Å². The number of aromatic nitrogens is 4. The van der Waals surface area contributed by atoms with E-state index in [0.717, 1.165) is 16.3 Å². The number of carbonyl (C=O) groups is 1. The first-order valence-corrected chi connectivity index (χ1v) is 11.0. The Morgan fingerprint density at radius 3 is 2.31 bits per heavy atom. The monoisotopic (exact) mass is 459 g/mol. The first kappa shape index (κ1) is 23.6. The van der Waals surface area contributed by atoms with Crippen molar-refractivity contribution in [3.05, 3.63) is 56.7 Å². The molecule has 1 aromatic carbocycles. The fourth-order valence-corrected chi connectivity index (χ4v) is 4.10. The van der Waals surface area contributed by atoms with Crippen molar-refractivity contribution in [1.29, 1.82) is 0 Å². The van der Waals surface area contributed by atoms with Crippen LogP contribution in [0.25, 0.3) is 11.0 Å². The summed E-state index contributed by atoms with van der Waals surface area (Å²) in [6.07, 6.45) is 0.458. The van der Waals surface area contributed by atoms with Crippen LogP contribution in [0.1, 0.15) is 39.9 Å². The molecular formula is C22H26FN5O3S. The van der Waals surface area contributed by atoms with Crippen LogP contribution in [0.15, 0.2) is 38.9 Å². The van der Waals surface area contributed by atoms with Crippen molar-refractivity contribution in [2.45, 2.75) is 49.8 Å². The number of nitrogens with one attached hydrogen (secondary N) is 1. The van der Waals surface area contributed by atoms with E-state index in [4.69, 9.17) is 0 Å². The molecular weight excluding hydrogens is 433 g/mol. The lowest BCUT2D eigenvalue weighted by Crippen LogP contribution is -2.38. The summed E-state index contributed by atoms with van der Waals surface area (Å²) in [5.41, 5.74) is -0.748. The molecule has 170 valence electrons. The quantitative estimate of drug-likeness (QED) is 0.465. The van der Waals surface area contributed by atoms with Crippen LogP contribution in [-0.2, 0) is 24.3 Å². The van der Waals surface area contributed by atoms with Gasteiger partial charge in [-0.3, -0.25) is 18.7 Å². The summed E-state index contributed by atoms with van der Waals surface area (Å²) < 4.78 is 15.5. The van der Waals surface area contributed by atoms with E-state index in [0.29, 0.717) is 23.0 Å². The molecule has 0 spiro atoms. The molecule has 2 aromatic heterocycles. The molecule has 0 bridgehead atoms. The SMILES string of the molecule is CCC(Sc1nc(C(C)(C)C)nc2c1c(=O)n(C)c(=O)n2C)C(=O)Nc1ccc(F)cc1. The summed E-state index contributed by atoms with van der Waals surface area (Å²) >= 11 is 1.15. The second-order valence-electron chi connectivity index (χ2n) is 8.52. The standard InChI is InChI=1S/C22H26FN5O3S/c1-7-14(17(29)24-13-10-8-12(23)9-11-13)32-18-15-16(25-20(26-18)22(2,3)4)27(5)21(31)28(6)19(15)30/h8-11,14H,7H2,1-6H3,(H,24,29). The van der Waals surface area contributed by atoms with Gasteiger partial charge < -0.3 is 5.32 Å². The third kappa shape index (κ3) is 4.59. The molecule has 0 saturated heterocycles. The molecule has 1 atom stereocenters. The number of fused-ring (bicyclic) bond motifs is 1. The van der Waals surface area contributed by atoms with Gasteiger partial charge in [0.15, 0.2) is 5.65 Å². The Morgan fingerprint density at radius 1 is 1.12 bits per heavy atom. The Bertz CT molecular complexity index is 1290. The molecule has 3 aromatic rings. The maximum atomic E-state index is 13.2. The average Bonchev–Trinajstić information content (AvgIpc) is 2.74. The predicted molar refractivity (Wildman–Crippen MR) is 124 cm³/mol. The zero-order valence-electron chi connectivity index (χ0n) is 18.9. The fourth-order valence-electron chi connectivity index (χ4n) is 3.06. The summed E-state index contributed by atoms with van der Waals surface area (Å²) in [6.45, 7) is 7.64. The van der Waals surface area contributed by atoms with Gasteiger partial charge >= 0.3 is 5.69 Å². The smallest absolute Gasteiger partial charge is 0.325 e. The first-order valence-electron chi connectivity index (χ1n) is 10.1. The van der Waals surface area contributed by atoms with Gasteiger partial charge in [-0.2, -0.15) is 0 Å². The highest BCUT2D eigenvalue weighted by Crippen LogP contribution is 2.31. The highest BCUT2D eigenvalue weighted by molar-refractivity contribution is 8.00. The number of halogens is 1. The van der Waals surface area contributed by atoms with E-state index in [-0.39, 0.29) is 16.9 Å². The van der Waals surface area contributed by atoms with Crippen LogP contribution in [0.4, 0.5) is 10.1 Å². The number of anilines is 1. The van der Waals surface area contributed by atoms with Crippen molar-refractivity contribution in [3.63, 3.8) is 0 Å². The van der Waals surface area contributed by atoms with E-state index in [9.17, 15) is 18.8 Å². The number of hydrogen-bond acceptors (Lipinski definition) is 6. The summed E-state index contributed by atoms with van der Waals surface area (Å²) in [5.74, 6) is -0.229.